The van der Waals surface area contributed by atoms with Crippen LogP contribution in [0.15, 0.2) is 18.7 Å². The molecule has 0 atom stereocenters. The Bertz CT molecular complexity index is 589. The summed E-state index contributed by atoms with van der Waals surface area (Å²) in [7, 11) is 0. The monoisotopic (exact) mass is 271 g/mol. The standard InChI is InChI=1S/C13H17N7/c14-11-17-12(16-10(8-1-2-8)9-3-4-9)19-13(18-11)20-6-5-15-7-20/h5-10H,1-4H2,(H3,14,16,17,18,19). The first-order valence-corrected chi connectivity index (χ1v) is 7.06. The molecule has 20 heavy (non-hydrogen) atoms. The van der Waals surface area contributed by atoms with Gasteiger partial charge in [0.25, 0.3) is 0 Å². The van der Waals surface area contributed by atoms with Crippen LogP contribution in [0.4, 0.5) is 11.9 Å². The molecule has 2 fully saturated rings. The molecule has 0 aliphatic heterocycles. The van der Waals surface area contributed by atoms with Gasteiger partial charge < -0.3 is 11.1 Å². The van der Waals surface area contributed by atoms with Gasteiger partial charge >= 0.3 is 0 Å². The number of hydrogen-bond donors (Lipinski definition) is 2. The number of nitrogen functional groups attached to an aromatic ring is 1. The van der Waals surface area contributed by atoms with Gasteiger partial charge in [0.15, 0.2) is 0 Å². The molecule has 0 bridgehead atoms. The van der Waals surface area contributed by atoms with Crippen molar-refractivity contribution >= 4 is 11.9 Å². The van der Waals surface area contributed by atoms with Crippen LogP contribution in [0.3, 0.4) is 0 Å². The predicted molar refractivity (Wildman–Crippen MR) is 74.2 cm³/mol. The van der Waals surface area contributed by atoms with Crippen molar-refractivity contribution < 1.29 is 0 Å². The van der Waals surface area contributed by atoms with E-state index < -0.39 is 0 Å². The average Bonchev–Trinajstić information content (AvgIpc) is 3.35. The van der Waals surface area contributed by atoms with Gasteiger partial charge in [-0.3, -0.25) is 4.57 Å². The lowest BCUT2D eigenvalue weighted by Gasteiger charge is -2.17. The zero-order valence-electron chi connectivity index (χ0n) is 11.1. The number of aromatic nitrogens is 5. The fraction of sp³-hybridized carbons (Fsp3) is 0.538. The topological polar surface area (TPSA) is 94.5 Å². The van der Waals surface area contributed by atoms with Gasteiger partial charge in [0, 0.05) is 18.4 Å². The Labute approximate surface area is 116 Å². The van der Waals surface area contributed by atoms with Crippen molar-refractivity contribution in [2.24, 2.45) is 11.8 Å². The molecule has 2 aromatic rings. The molecular weight excluding hydrogens is 254 g/mol. The van der Waals surface area contributed by atoms with E-state index in [-0.39, 0.29) is 5.95 Å². The van der Waals surface area contributed by atoms with Gasteiger partial charge in [-0.1, -0.05) is 0 Å². The summed E-state index contributed by atoms with van der Waals surface area (Å²) >= 11 is 0. The van der Waals surface area contributed by atoms with E-state index in [1.54, 1.807) is 23.3 Å². The van der Waals surface area contributed by atoms with E-state index in [9.17, 15) is 0 Å². The second-order valence-corrected chi connectivity index (χ2v) is 5.63. The second kappa shape index (κ2) is 4.43. The first-order chi connectivity index (χ1) is 9.79. The summed E-state index contributed by atoms with van der Waals surface area (Å²) in [5.74, 6) is 2.86. The largest absolute Gasteiger partial charge is 0.368 e. The van der Waals surface area contributed by atoms with Crippen LogP contribution in [0.5, 0.6) is 0 Å². The average molecular weight is 271 g/mol. The Morgan fingerprint density at radius 2 is 1.90 bits per heavy atom. The molecule has 0 unspecified atom stereocenters. The Morgan fingerprint density at radius 1 is 1.15 bits per heavy atom. The first-order valence-electron chi connectivity index (χ1n) is 7.06. The molecule has 2 aromatic heterocycles. The summed E-state index contributed by atoms with van der Waals surface area (Å²) in [5.41, 5.74) is 5.79. The zero-order chi connectivity index (χ0) is 13.5. The van der Waals surface area contributed by atoms with Crippen molar-refractivity contribution in [2.75, 3.05) is 11.1 Å². The zero-order valence-corrected chi connectivity index (χ0v) is 11.1. The molecule has 104 valence electrons. The highest BCUT2D eigenvalue weighted by molar-refractivity contribution is 5.37. The second-order valence-electron chi connectivity index (χ2n) is 5.63. The third-order valence-corrected chi connectivity index (χ3v) is 3.93. The quantitative estimate of drug-likeness (QED) is 0.849. The van der Waals surface area contributed by atoms with Crippen molar-refractivity contribution in [1.82, 2.24) is 24.5 Å². The number of nitrogens with one attached hydrogen (secondary N) is 1. The summed E-state index contributed by atoms with van der Waals surface area (Å²) in [6.07, 6.45) is 10.4. The normalized spacial score (nSPS) is 18.4. The highest BCUT2D eigenvalue weighted by Gasteiger charge is 2.41. The maximum atomic E-state index is 5.79. The fourth-order valence-corrected chi connectivity index (χ4v) is 2.62. The van der Waals surface area contributed by atoms with Gasteiger partial charge in [-0.05, 0) is 37.5 Å². The fourth-order valence-electron chi connectivity index (χ4n) is 2.62. The van der Waals surface area contributed by atoms with Crippen LogP contribution in [0.25, 0.3) is 5.95 Å². The van der Waals surface area contributed by atoms with E-state index >= 15 is 0 Å². The van der Waals surface area contributed by atoms with Crippen LogP contribution in [-0.2, 0) is 0 Å². The predicted octanol–water partition coefficient (Wildman–Crippen LogP) is 1.24. The summed E-state index contributed by atoms with van der Waals surface area (Å²) in [5, 5.41) is 3.47. The number of hydrogen-bond acceptors (Lipinski definition) is 6. The van der Waals surface area contributed by atoms with E-state index in [1.807, 2.05) is 0 Å². The molecule has 2 heterocycles. The molecular formula is C13H17N7. The third kappa shape index (κ3) is 2.31. The van der Waals surface area contributed by atoms with Crippen LogP contribution in [0.1, 0.15) is 25.7 Å². The van der Waals surface area contributed by atoms with Crippen molar-refractivity contribution in [3.8, 4) is 5.95 Å². The Morgan fingerprint density at radius 3 is 2.50 bits per heavy atom. The summed E-state index contributed by atoms with van der Waals surface area (Å²) in [6, 6.07) is 0.493. The van der Waals surface area contributed by atoms with Gasteiger partial charge in [-0.2, -0.15) is 15.0 Å². The number of anilines is 2. The molecule has 0 spiro atoms. The SMILES string of the molecule is Nc1nc(NC(C2CC2)C2CC2)nc(-n2ccnc2)n1. The van der Waals surface area contributed by atoms with Crippen LogP contribution in [0.2, 0.25) is 0 Å². The van der Waals surface area contributed by atoms with Crippen LogP contribution < -0.4 is 11.1 Å². The van der Waals surface area contributed by atoms with E-state index in [1.165, 1.54) is 25.7 Å². The number of nitrogens with two attached hydrogens (primary N) is 1. The van der Waals surface area contributed by atoms with Crippen molar-refractivity contribution in [3.05, 3.63) is 18.7 Å². The van der Waals surface area contributed by atoms with E-state index in [4.69, 9.17) is 5.73 Å². The molecule has 3 N–H and O–H groups in total. The molecule has 0 radical (unpaired) electrons. The van der Waals surface area contributed by atoms with Crippen LogP contribution in [0, 0.1) is 11.8 Å². The van der Waals surface area contributed by atoms with Crippen molar-refractivity contribution in [3.63, 3.8) is 0 Å². The Kier molecular flexibility index (Phi) is 2.58. The maximum Gasteiger partial charge on any atom is 0.241 e. The van der Waals surface area contributed by atoms with E-state index in [0.717, 1.165) is 11.8 Å². The smallest absolute Gasteiger partial charge is 0.241 e. The summed E-state index contributed by atoms with van der Waals surface area (Å²) < 4.78 is 1.73. The molecule has 0 aromatic carbocycles. The molecule has 2 aliphatic rings. The highest BCUT2D eigenvalue weighted by Crippen LogP contribution is 2.45. The number of nitrogens with zero attached hydrogens (tertiary/aromatic N) is 5. The minimum atomic E-state index is 0.233. The highest BCUT2D eigenvalue weighted by atomic mass is 15.3. The lowest BCUT2D eigenvalue weighted by Crippen LogP contribution is -2.26. The third-order valence-electron chi connectivity index (χ3n) is 3.93. The minimum absolute atomic E-state index is 0.233. The molecule has 2 saturated carbocycles. The van der Waals surface area contributed by atoms with Gasteiger partial charge in [-0.25, -0.2) is 4.98 Å². The minimum Gasteiger partial charge on any atom is -0.368 e. The first kappa shape index (κ1) is 11.6. The molecule has 7 heteroatoms. The van der Waals surface area contributed by atoms with Crippen LogP contribution in [-0.4, -0.2) is 30.5 Å². The van der Waals surface area contributed by atoms with Gasteiger partial charge in [-0.15, -0.1) is 0 Å². The van der Waals surface area contributed by atoms with E-state index in [0.29, 0.717) is 17.9 Å². The Balaban J connectivity index is 1.60. The van der Waals surface area contributed by atoms with Gasteiger partial charge in [0.1, 0.15) is 6.33 Å². The maximum absolute atomic E-state index is 5.79. The van der Waals surface area contributed by atoms with Gasteiger partial charge in [0.05, 0.1) is 0 Å². The van der Waals surface area contributed by atoms with Gasteiger partial charge in [0.2, 0.25) is 17.8 Å². The molecule has 4 rings (SSSR count). The van der Waals surface area contributed by atoms with E-state index in [2.05, 4.69) is 25.3 Å². The van der Waals surface area contributed by atoms with Crippen LogP contribution >= 0.6 is 0 Å². The molecule has 7 nitrogen and oxygen atoms in total. The molecule has 0 saturated heterocycles. The molecule has 0 amide bonds. The molecule has 2 aliphatic carbocycles. The van der Waals surface area contributed by atoms with Crippen molar-refractivity contribution in [1.29, 1.82) is 0 Å². The number of rotatable bonds is 5. The summed E-state index contributed by atoms with van der Waals surface area (Å²) in [6.45, 7) is 0. The summed E-state index contributed by atoms with van der Waals surface area (Å²) in [4.78, 5) is 16.8. The lowest BCUT2D eigenvalue weighted by atomic mass is 10.1. The number of imidazole rings is 1. The van der Waals surface area contributed by atoms with Crippen molar-refractivity contribution in [2.45, 2.75) is 31.7 Å². The lowest BCUT2D eigenvalue weighted by molar-refractivity contribution is 0.562. The Hall–Kier alpha value is -2.18.